The van der Waals surface area contributed by atoms with Crippen LogP contribution < -0.4 is 0 Å². The number of para-hydroxylation sites is 1. The molecule has 4 rings (SSSR count). The molecular formula is C20H25NO. The molecule has 1 aromatic carbocycles. The molecule has 0 aliphatic heterocycles. The second-order valence-electron chi connectivity index (χ2n) is 7.17. The van der Waals surface area contributed by atoms with Gasteiger partial charge in [-0.05, 0) is 63.0 Å². The number of phenols is 1. The Labute approximate surface area is 133 Å². The third-order valence-electron chi connectivity index (χ3n) is 5.89. The molecule has 1 saturated carbocycles. The Bertz CT molecular complexity index is 616. The summed E-state index contributed by atoms with van der Waals surface area (Å²) >= 11 is 0. The number of hydrogen-bond donors (Lipinski definition) is 1. The molecule has 0 saturated heterocycles. The lowest BCUT2D eigenvalue weighted by Gasteiger charge is -2.44. The van der Waals surface area contributed by atoms with E-state index in [0.717, 1.165) is 11.5 Å². The fraction of sp³-hybridized carbons (Fsp3) is 0.550. The van der Waals surface area contributed by atoms with E-state index in [9.17, 15) is 5.11 Å². The van der Waals surface area contributed by atoms with Crippen molar-refractivity contribution in [1.82, 2.24) is 0 Å². The van der Waals surface area contributed by atoms with Gasteiger partial charge in [0.25, 0.3) is 0 Å². The molecule has 116 valence electrons. The molecule has 3 atom stereocenters. The van der Waals surface area contributed by atoms with E-state index in [2.05, 4.69) is 0 Å². The summed E-state index contributed by atoms with van der Waals surface area (Å²) < 4.78 is 0. The van der Waals surface area contributed by atoms with E-state index in [4.69, 9.17) is 4.99 Å². The first-order chi connectivity index (χ1) is 10.8. The molecule has 2 nitrogen and oxygen atoms in total. The summed E-state index contributed by atoms with van der Waals surface area (Å²) in [5, 5.41) is 9.93. The van der Waals surface area contributed by atoms with Crippen LogP contribution in [0.2, 0.25) is 0 Å². The standard InChI is InChI=1S/C20H25NO/c22-19-11-4-2-7-16(19)13-21-20-15-8-5-10-18(20)17-9-3-1-6-14(17)12-15/h2,4,7,11,13,15,18,20,22H,1,3,5-6,8-10,12H2/t15?,18-,20+/m1/s1. The predicted molar refractivity (Wildman–Crippen MR) is 90.4 cm³/mol. The van der Waals surface area contributed by atoms with Gasteiger partial charge >= 0.3 is 0 Å². The molecule has 0 radical (unpaired) electrons. The van der Waals surface area contributed by atoms with Crippen molar-refractivity contribution in [1.29, 1.82) is 0 Å². The van der Waals surface area contributed by atoms with E-state index in [1.54, 1.807) is 17.2 Å². The minimum atomic E-state index is 0.338. The monoisotopic (exact) mass is 295 g/mol. The van der Waals surface area contributed by atoms with Gasteiger partial charge in [0, 0.05) is 17.7 Å². The van der Waals surface area contributed by atoms with Crippen molar-refractivity contribution in [2.45, 2.75) is 57.4 Å². The summed E-state index contributed by atoms with van der Waals surface area (Å²) in [5.41, 5.74) is 4.40. The molecule has 22 heavy (non-hydrogen) atoms. The normalized spacial score (nSPS) is 31.4. The average molecular weight is 295 g/mol. The Morgan fingerprint density at radius 1 is 1.05 bits per heavy atom. The molecule has 1 fully saturated rings. The molecule has 0 amide bonds. The van der Waals surface area contributed by atoms with Crippen LogP contribution in [0.3, 0.4) is 0 Å². The molecular weight excluding hydrogens is 270 g/mol. The van der Waals surface area contributed by atoms with Crippen LogP contribution in [-0.2, 0) is 0 Å². The number of aromatic hydroxyl groups is 1. The minimum absolute atomic E-state index is 0.338. The third-order valence-corrected chi connectivity index (χ3v) is 5.89. The quantitative estimate of drug-likeness (QED) is 0.612. The van der Waals surface area contributed by atoms with Crippen LogP contribution in [0.25, 0.3) is 0 Å². The Morgan fingerprint density at radius 3 is 2.82 bits per heavy atom. The van der Waals surface area contributed by atoms with Gasteiger partial charge in [0.05, 0.1) is 6.04 Å². The lowest BCUT2D eigenvalue weighted by Crippen LogP contribution is -2.38. The Kier molecular flexibility index (Phi) is 3.77. The van der Waals surface area contributed by atoms with Gasteiger partial charge in [-0.25, -0.2) is 0 Å². The van der Waals surface area contributed by atoms with Crippen molar-refractivity contribution in [3.8, 4) is 5.75 Å². The fourth-order valence-electron chi connectivity index (χ4n) is 4.85. The van der Waals surface area contributed by atoms with Crippen LogP contribution in [0, 0.1) is 11.8 Å². The molecule has 2 heteroatoms. The molecule has 0 aromatic heterocycles. The second kappa shape index (κ2) is 5.91. The highest BCUT2D eigenvalue weighted by Crippen LogP contribution is 2.49. The van der Waals surface area contributed by atoms with Crippen LogP contribution >= 0.6 is 0 Å². The smallest absolute Gasteiger partial charge is 0.124 e. The molecule has 3 aliphatic rings. The summed E-state index contributed by atoms with van der Waals surface area (Å²) in [6.07, 6.45) is 12.6. The zero-order valence-corrected chi connectivity index (χ0v) is 13.2. The van der Waals surface area contributed by atoms with Gasteiger partial charge in [0.1, 0.15) is 5.75 Å². The number of fused-ring (bicyclic) bond motifs is 3. The topological polar surface area (TPSA) is 32.6 Å². The van der Waals surface area contributed by atoms with Crippen molar-refractivity contribution in [2.24, 2.45) is 16.8 Å². The lowest BCUT2D eigenvalue weighted by atomic mass is 9.63. The van der Waals surface area contributed by atoms with Gasteiger partial charge in [-0.2, -0.15) is 0 Å². The van der Waals surface area contributed by atoms with Crippen LogP contribution in [-0.4, -0.2) is 17.4 Å². The average Bonchev–Trinajstić information content (AvgIpc) is 2.54. The Morgan fingerprint density at radius 2 is 1.91 bits per heavy atom. The van der Waals surface area contributed by atoms with E-state index in [1.807, 2.05) is 24.4 Å². The molecule has 0 spiro atoms. The zero-order chi connectivity index (χ0) is 14.9. The number of aliphatic imine (C=N–C) groups is 1. The van der Waals surface area contributed by atoms with Gasteiger partial charge in [-0.3, -0.25) is 4.99 Å². The fourth-order valence-corrected chi connectivity index (χ4v) is 4.85. The highest BCUT2D eigenvalue weighted by molar-refractivity contribution is 5.83. The molecule has 2 bridgehead atoms. The van der Waals surface area contributed by atoms with Crippen molar-refractivity contribution in [3.63, 3.8) is 0 Å². The van der Waals surface area contributed by atoms with Crippen molar-refractivity contribution in [3.05, 3.63) is 41.0 Å². The maximum atomic E-state index is 9.93. The first-order valence-electron chi connectivity index (χ1n) is 8.85. The van der Waals surface area contributed by atoms with Crippen molar-refractivity contribution in [2.75, 3.05) is 0 Å². The van der Waals surface area contributed by atoms with E-state index < -0.39 is 0 Å². The number of allylic oxidation sites excluding steroid dienone is 1. The molecule has 1 aromatic rings. The number of nitrogens with zero attached hydrogens (tertiary/aromatic N) is 1. The summed E-state index contributed by atoms with van der Waals surface area (Å²) in [6.45, 7) is 0. The molecule has 0 heterocycles. The largest absolute Gasteiger partial charge is 0.507 e. The van der Waals surface area contributed by atoms with Crippen molar-refractivity contribution < 1.29 is 5.11 Å². The van der Waals surface area contributed by atoms with Gasteiger partial charge in [-0.1, -0.05) is 29.7 Å². The summed E-state index contributed by atoms with van der Waals surface area (Å²) in [6, 6.07) is 7.96. The molecule has 1 N–H and O–H groups in total. The van der Waals surface area contributed by atoms with Crippen LogP contribution in [0.4, 0.5) is 0 Å². The summed E-state index contributed by atoms with van der Waals surface area (Å²) in [7, 11) is 0. The number of phenolic OH excluding ortho intramolecular Hbond substituents is 1. The SMILES string of the molecule is Oc1ccccc1C=N[C@H]1C2CCC[C@@H]1C1=C(CCCC1)C2. The van der Waals surface area contributed by atoms with E-state index in [0.29, 0.717) is 17.7 Å². The van der Waals surface area contributed by atoms with E-state index in [-0.39, 0.29) is 0 Å². The van der Waals surface area contributed by atoms with Crippen molar-refractivity contribution >= 4 is 6.21 Å². The summed E-state index contributed by atoms with van der Waals surface area (Å²) in [5.74, 6) is 1.76. The number of hydrogen-bond acceptors (Lipinski definition) is 2. The second-order valence-corrected chi connectivity index (χ2v) is 7.17. The summed E-state index contributed by atoms with van der Waals surface area (Å²) in [4.78, 5) is 4.97. The van der Waals surface area contributed by atoms with Gasteiger partial charge in [0.2, 0.25) is 0 Å². The van der Waals surface area contributed by atoms with Gasteiger partial charge in [0.15, 0.2) is 0 Å². The van der Waals surface area contributed by atoms with E-state index >= 15 is 0 Å². The number of rotatable bonds is 2. The minimum Gasteiger partial charge on any atom is -0.507 e. The van der Waals surface area contributed by atoms with Gasteiger partial charge < -0.3 is 5.11 Å². The van der Waals surface area contributed by atoms with Crippen LogP contribution in [0.1, 0.15) is 56.9 Å². The lowest BCUT2D eigenvalue weighted by molar-refractivity contribution is 0.215. The first-order valence-corrected chi connectivity index (χ1v) is 8.85. The predicted octanol–water partition coefficient (Wildman–Crippen LogP) is 4.87. The van der Waals surface area contributed by atoms with E-state index in [1.165, 1.54) is 51.4 Å². The molecule has 3 aliphatic carbocycles. The highest BCUT2D eigenvalue weighted by atomic mass is 16.3. The van der Waals surface area contributed by atoms with Crippen LogP contribution in [0.5, 0.6) is 5.75 Å². The van der Waals surface area contributed by atoms with Gasteiger partial charge in [-0.15, -0.1) is 0 Å². The van der Waals surface area contributed by atoms with Crippen LogP contribution in [0.15, 0.2) is 40.4 Å². The Hall–Kier alpha value is -1.57. The highest BCUT2D eigenvalue weighted by Gasteiger charge is 2.40. The third kappa shape index (κ3) is 2.49. The molecule has 1 unspecified atom stereocenters. The first kappa shape index (κ1) is 14.0. The Balaban J connectivity index is 1.62. The maximum absolute atomic E-state index is 9.93. The zero-order valence-electron chi connectivity index (χ0n) is 13.2. The number of benzene rings is 1. The maximum Gasteiger partial charge on any atom is 0.124 e.